The molecule has 1 rings (SSSR count). The Kier molecular flexibility index (Phi) is 3.55. The van der Waals surface area contributed by atoms with E-state index in [9.17, 15) is 13.2 Å². The maximum atomic E-state index is 12.1. The molecule has 1 aliphatic rings. The second kappa shape index (κ2) is 4.28. The summed E-state index contributed by atoms with van der Waals surface area (Å²) in [4.78, 5) is 0. The molecule has 1 N–H and O–H groups in total. The van der Waals surface area contributed by atoms with Crippen molar-refractivity contribution in [3.63, 3.8) is 0 Å². The lowest BCUT2D eigenvalue weighted by Gasteiger charge is -2.22. The standard InChI is InChI=1S/C8H14F3NO/c1-12-7(4-8(9,10)11)6-2-3-13-5-6/h6-7,12H,2-5H2,1H3. The van der Waals surface area contributed by atoms with E-state index < -0.39 is 18.6 Å². The summed E-state index contributed by atoms with van der Waals surface area (Å²) in [6.07, 6.45) is -4.13. The molecule has 2 unspecified atom stereocenters. The van der Waals surface area contributed by atoms with E-state index in [0.717, 1.165) is 6.42 Å². The maximum absolute atomic E-state index is 12.1. The van der Waals surface area contributed by atoms with Gasteiger partial charge in [-0.15, -0.1) is 0 Å². The van der Waals surface area contributed by atoms with Gasteiger partial charge in [0, 0.05) is 18.6 Å². The molecule has 2 nitrogen and oxygen atoms in total. The van der Waals surface area contributed by atoms with E-state index in [1.165, 1.54) is 0 Å². The summed E-state index contributed by atoms with van der Waals surface area (Å²) >= 11 is 0. The van der Waals surface area contributed by atoms with Crippen LogP contribution in [0.2, 0.25) is 0 Å². The lowest BCUT2D eigenvalue weighted by atomic mass is 9.96. The summed E-state index contributed by atoms with van der Waals surface area (Å²) in [6.45, 7) is 1.03. The Labute approximate surface area is 75.4 Å². The van der Waals surface area contributed by atoms with Crippen LogP contribution in [0.1, 0.15) is 12.8 Å². The van der Waals surface area contributed by atoms with Gasteiger partial charge in [-0.1, -0.05) is 0 Å². The number of halogens is 3. The van der Waals surface area contributed by atoms with Gasteiger partial charge in [-0.3, -0.25) is 0 Å². The van der Waals surface area contributed by atoms with E-state index >= 15 is 0 Å². The van der Waals surface area contributed by atoms with Crippen molar-refractivity contribution in [1.82, 2.24) is 5.32 Å². The number of rotatable bonds is 3. The first-order valence-electron chi connectivity index (χ1n) is 4.34. The lowest BCUT2D eigenvalue weighted by molar-refractivity contribution is -0.142. The minimum Gasteiger partial charge on any atom is -0.381 e. The van der Waals surface area contributed by atoms with Crippen molar-refractivity contribution >= 4 is 0 Å². The number of alkyl halides is 3. The van der Waals surface area contributed by atoms with Crippen molar-refractivity contribution in [1.29, 1.82) is 0 Å². The van der Waals surface area contributed by atoms with Crippen LogP contribution in [0.15, 0.2) is 0 Å². The third-order valence-corrected chi connectivity index (χ3v) is 2.36. The largest absolute Gasteiger partial charge is 0.390 e. The van der Waals surface area contributed by atoms with Gasteiger partial charge < -0.3 is 10.1 Å². The normalized spacial score (nSPS) is 26.3. The molecule has 1 fully saturated rings. The van der Waals surface area contributed by atoms with Crippen molar-refractivity contribution in [3.05, 3.63) is 0 Å². The predicted molar refractivity (Wildman–Crippen MR) is 42.4 cm³/mol. The van der Waals surface area contributed by atoms with Gasteiger partial charge in [0.05, 0.1) is 13.0 Å². The highest BCUT2D eigenvalue weighted by atomic mass is 19.4. The van der Waals surface area contributed by atoms with Crippen LogP contribution in [0, 0.1) is 5.92 Å². The van der Waals surface area contributed by atoms with Crippen molar-refractivity contribution < 1.29 is 17.9 Å². The lowest BCUT2D eigenvalue weighted by Crippen LogP contribution is -2.38. The third kappa shape index (κ3) is 3.52. The number of nitrogens with one attached hydrogen (secondary N) is 1. The van der Waals surface area contributed by atoms with E-state index in [1.807, 2.05) is 0 Å². The highest BCUT2D eigenvalue weighted by Gasteiger charge is 2.36. The molecular formula is C8H14F3NO. The molecule has 0 aromatic heterocycles. The molecule has 1 saturated heterocycles. The molecule has 78 valence electrons. The molecule has 1 heterocycles. The average molecular weight is 197 g/mol. The van der Waals surface area contributed by atoms with Gasteiger partial charge in [-0.05, 0) is 13.5 Å². The zero-order chi connectivity index (χ0) is 9.90. The Morgan fingerprint density at radius 3 is 2.62 bits per heavy atom. The quantitative estimate of drug-likeness (QED) is 0.741. The van der Waals surface area contributed by atoms with Crippen LogP contribution in [-0.2, 0) is 4.74 Å². The highest BCUT2D eigenvalue weighted by Crippen LogP contribution is 2.27. The first kappa shape index (κ1) is 10.8. The molecule has 0 bridgehead atoms. The van der Waals surface area contributed by atoms with Crippen LogP contribution in [0.4, 0.5) is 13.2 Å². The Morgan fingerprint density at radius 1 is 1.54 bits per heavy atom. The van der Waals surface area contributed by atoms with Crippen molar-refractivity contribution in [2.75, 3.05) is 20.3 Å². The molecule has 0 aromatic rings. The molecule has 2 atom stereocenters. The molecule has 0 amide bonds. The van der Waals surface area contributed by atoms with Gasteiger partial charge in [0.1, 0.15) is 0 Å². The minimum atomic E-state index is -4.09. The van der Waals surface area contributed by atoms with E-state index in [0.29, 0.717) is 13.2 Å². The molecule has 0 radical (unpaired) electrons. The Hall–Kier alpha value is -0.290. The van der Waals surface area contributed by atoms with Crippen LogP contribution < -0.4 is 5.32 Å². The minimum absolute atomic E-state index is 0.00613. The fourth-order valence-corrected chi connectivity index (χ4v) is 1.62. The van der Waals surface area contributed by atoms with Gasteiger partial charge >= 0.3 is 6.18 Å². The van der Waals surface area contributed by atoms with Gasteiger partial charge in [-0.25, -0.2) is 0 Å². The van der Waals surface area contributed by atoms with Crippen LogP contribution in [0.25, 0.3) is 0 Å². The SMILES string of the molecule is CNC(CC(F)(F)F)C1CCOC1. The molecule has 13 heavy (non-hydrogen) atoms. The predicted octanol–water partition coefficient (Wildman–Crippen LogP) is 1.56. The van der Waals surface area contributed by atoms with Crippen LogP contribution in [0.5, 0.6) is 0 Å². The number of ether oxygens (including phenoxy) is 1. The zero-order valence-electron chi connectivity index (χ0n) is 7.53. The Bertz CT molecular complexity index is 154. The third-order valence-electron chi connectivity index (χ3n) is 2.36. The second-order valence-corrected chi connectivity index (χ2v) is 3.34. The molecule has 1 aliphatic heterocycles. The fourth-order valence-electron chi connectivity index (χ4n) is 1.62. The first-order chi connectivity index (χ1) is 6.03. The molecular weight excluding hydrogens is 183 g/mol. The second-order valence-electron chi connectivity index (χ2n) is 3.34. The summed E-state index contributed by atoms with van der Waals surface area (Å²) in [5, 5.41) is 2.70. The summed E-state index contributed by atoms with van der Waals surface area (Å²) in [6, 6.07) is -0.498. The smallest absolute Gasteiger partial charge is 0.381 e. The molecule has 0 aliphatic carbocycles. The maximum Gasteiger partial charge on any atom is 0.390 e. The van der Waals surface area contributed by atoms with Gasteiger partial charge in [0.15, 0.2) is 0 Å². The topological polar surface area (TPSA) is 21.3 Å². The van der Waals surface area contributed by atoms with E-state index in [4.69, 9.17) is 4.74 Å². The Balaban J connectivity index is 2.42. The molecule has 0 aromatic carbocycles. The fraction of sp³-hybridized carbons (Fsp3) is 1.00. The van der Waals surface area contributed by atoms with E-state index in [2.05, 4.69) is 5.32 Å². The summed E-state index contributed by atoms with van der Waals surface area (Å²) in [5.41, 5.74) is 0. The van der Waals surface area contributed by atoms with E-state index in [-0.39, 0.29) is 5.92 Å². The van der Waals surface area contributed by atoms with Crippen molar-refractivity contribution in [2.24, 2.45) is 5.92 Å². The average Bonchev–Trinajstić information content (AvgIpc) is 2.50. The molecule has 0 spiro atoms. The van der Waals surface area contributed by atoms with Crippen LogP contribution >= 0.6 is 0 Å². The van der Waals surface area contributed by atoms with Gasteiger partial charge in [0.2, 0.25) is 0 Å². The molecule has 5 heteroatoms. The number of hydrogen-bond donors (Lipinski definition) is 1. The first-order valence-corrected chi connectivity index (χ1v) is 4.34. The number of hydrogen-bond acceptors (Lipinski definition) is 2. The van der Waals surface area contributed by atoms with E-state index in [1.54, 1.807) is 7.05 Å². The summed E-state index contributed by atoms with van der Waals surface area (Å²) in [7, 11) is 1.56. The summed E-state index contributed by atoms with van der Waals surface area (Å²) < 4.78 is 41.2. The monoisotopic (exact) mass is 197 g/mol. The van der Waals surface area contributed by atoms with Crippen LogP contribution in [-0.4, -0.2) is 32.5 Å². The highest BCUT2D eigenvalue weighted by molar-refractivity contribution is 4.80. The summed E-state index contributed by atoms with van der Waals surface area (Å²) in [5.74, 6) is 0.00613. The van der Waals surface area contributed by atoms with Crippen LogP contribution in [0.3, 0.4) is 0 Å². The Morgan fingerprint density at radius 2 is 2.23 bits per heavy atom. The van der Waals surface area contributed by atoms with Crippen molar-refractivity contribution in [3.8, 4) is 0 Å². The van der Waals surface area contributed by atoms with Gasteiger partial charge in [-0.2, -0.15) is 13.2 Å². The van der Waals surface area contributed by atoms with Crippen molar-refractivity contribution in [2.45, 2.75) is 25.1 Å². The molecule has 0 saturated carbocycles. The zero-order valence-corrected chi connectivity index (χ0v) is 7.53. The van der Waals surface area contributed by atoms with Gasteiger partial charge in [0.25, 0.3) is 0 Å².